The Balaban J connectivity index is 2.06. The minimum atomic E-state index is -0.129. The molecule has 5 nitrogen and oxygen atoms in total. The Morgan fingerprint density at radius 2 is 2.00 bits per heavy atom. The molecule has 1 amide bonds. The van der Waals surface area contributed by atoms with E-state index in [1.807, 2.05) is 55.8 Å². The summed E-state index contributed by atoms with van der Waals surface area (Å²) in [5, 5.41) is 8.37. The minimum Gasteiger partial charge on any atom is -0.322 e. The molecule has 2 heterocycles. The number of carbonyl (C=O) groups is 1. The molecule has 0 saturated heterocycles. The molecule has 124 valence electrons. The maximum Gasteiger partial charge on any atom is 0.256 e. The van der Waals surface area contributed by atoms with Gasteiger partial charge in [-0.25, -0.2) is 9.67 Å². The predicted octanol–water partition coefficient (Wildman–Crippen LogP) is 4.02. The van der Waals surface area contributed by atoms with Gasteiger partial charge in [-0.1, -0.05) is 19.1 Å². The van der Waals surface area contributed by atoms with E-state index < -0.39 is 0 Å². The molecule has 0 saturated carbocycles. The lowest BCUT2D eigenvalue weighted by molar-refractivity contribution is 0.102. The molecule has 0 atom stereocenters. The summed E-state index contributed by atoms with van der Waals surface area (Å²) in [5.41, 5.74) is 4.95. The number of rotatable bonds is 4. The number of amides is 1. The summed E-state index contributed by atoms with van der Waals surface area (Å²) in [6.45, 7) is 8.73. The van der Waals surface area contributed by atoms with Crippen molar-refractivity contribution in [3.05, 3.63) is 52.8 Å². The fourth-order valence-corrected chi connectivity index (χ4v) is 2.95. The molecular weight excluding hydrogens is 300 g/mol. The van der Waals surface area contributed by atoms with E-state index in [0.717, 1.165) is 46.6 Å². The molecule has 0 radical (unpaired) electrons. The Kier molecular flexibility index (Phi) is 4.34. The van der Waals surface area contributed by atoms with Crippen molar-refractivity contribution in [3.8, 4) is 0 Å². The monoisotopic (exact) mass is 322 g/mol. The standard InChI is InChI=1S/C19H22N4O/c1-5-9-23-18-17(14(4)22-23)16(11-13(3)20-18)19(24)21-15-8-6-7-12(2)10-15/h6-8,10-11H,5,9H2,1-4H3,(H,21,24). The summed E-state index contributed by atoms with van der Waals surface area (Å²) in [6, 6.07) is 9.62. The zero-order chi connectivity index (χ0) is 17.3. The van der Waals surface area contributed by atoms with Crippen LogP contribution in [0.2, 0.25) is 0 Å². The molecule has 0 bridgehead atoms. The normalized spacial score (nSPS) is 11.0. The molecule has 24 heavy (non-hydrogen) atoms. The molecule has 1 N–H and O–H groups in total. The third kappa shape index (κ3) is 3.02. The van der Waals surface area contributed by atoms with Gasteiger partial charge in [0.05, 0.1) is 16.6 Å². The van der Waals surface area contributed by atoms with Gasteiger partial charge in [0.1, 0.15) is 0 Å². The number of aryl methyl sites for hydroxylation is 4. The van der Waals surface area contributed by atoms with Crippen molar-refractivity contribution < 1.29 is 4.79 Å². The largest absolute Gasteiger partial charge is 0.322 e. The highest BCUT2D eigenvalue weighted by Gasteiger charge is 2.18. The smallest absolute Gasteiger partial charge is 0.256 e. The van der Waals surface area contributed by atoms with E-state index in [4.69, 9.17) is 0 Å². The first-order valence-corrected chi connectivity index (χ1v) is 8.22. The van der Waals surface area contributed by atoms with Crippen molar-refractivity contribution >= 4 is 22.6 Å². The van der Waals surface area contributed by atoms with Crippen LogP contribution in [0.25, 0.3) is 11.0 Å². The zero-order valence-corrected chi connectivity index (χ0v) is 14.6. The highest BCUT2D eigenvalue weighted by Crippen LogP contribution is 2.23. The molecule has 0 unspecified atom stereocenters. The summed E-state index contributed by atoms with van der Waals surface area (Å²) in [5.74, 6) is -0.129. The number of nitrogens with one attached hydrogen (secondary N) is 1. The topological polar surface area (TPSA) is 59.8 Å². The van der Waals surface area contributed by atoms with E-state index in [1.165, 1.54) is 0 Å². The van der Waals surface area contributed by atoms with Crippen LogP contribution in [0, 0.1) is 20.8 Å². The lowest BCUT2D eigenvalue weighted by atomic mass is 10.1. The summed E-state index contributed by atoms with van der Waals surface area (Å²) in [6.07, 6.45) is 0.969. The van der Waals surface area contributed by atoms with Crippen LogP contribution in [0.3, 0.4) is 0 Å². The van der Waals surface area contributed by atoms with Gasteiger partial charge in [0.25, 0.3) is 5.91 Å². The third-order valence-electron chi connectivity index (χ3n) is 3.96. The van der Waals surface area contributed by atoms with Crippen LogP contribution in [-0.2, 0) is 6.54 Å². The third-order valence-corrected chi connectivity index (χ3v) is 3.96. The van der Waals surface area contributed by atoms with Crippen LogP contribution < -0.4 is 5.32 Å². The zero-order valence-electron chi connectivity index (χ0n) is 14.6. The molecule has 3 aromatic rings. The second kappa shape index (κ2) is 6.43. The molecule has 0 aliphatic carbocycles. The van der Waals surface area contributed by atoms with Gasteiger partial charge >= 0.3 is 0 Å². The van der Waals surface area contributed by atoms with Crippen LogP contribution >= 0.6 is 0 Å². The predicted molar refractivity (Wildman–Crippen MR) is 96.4 cm³/mol. The summed E-state index contributed by atoms with van der Waals surface area (Å²) in [4.78, 5) is 17.4. The molecular formula is C19H22N4O. The number of fused-ring (bicyclic) bond motifs is 1. The molecule has 0 aliphatic rings. The van der Waals surface area contributed by atoms with E-state index in [0.29, 0.717) is 5.56 Å². The van der Waals surface area contributed by atoms with Gasteiger partial charge in [-0.05, 0) is 51.0 Å². The van der Waals surface area contributed by atoms with E-state index in [-0.39, 0.29) is 5.91 Å². The number of carbonyl (C=O) groups excluding carboxylic acids is 1. The Bertz CT molecular complexity index is 911. The van der Waals surface area contributed by atoms with Gasteiger partial charge in [-0.15, -0.1) is 0 Å². The number of pyridine rings is 1. The average molecular weight is 322 g/mol. The van der Waals surface area contributed by atoms with Gasteiger partial charge < -0.3 is 5.32 Å². The van der Waals surface area contributed by atoms with Crippen molar-refractivity contribution in [2.45, 2.75) is 40.7 Å². The average Bonchev–Trinajstić information content (AvgIpc) is 2.83. The number of anilines is 1. The van der Waals surface area contributed by atoms with Crippen molar-refractivity contribution in [1.82, 2.24) is 14.8 Å². The second-order valence-electron chi connectivity index (χ2n) is 6.14. The fraction of sp³-hybridized carbons (Fsp3) is 0.316. The lowest BCUT2D eigenvalue weighted by Gasteiger charge is -2.09. The maximum atomic E-state index is 12.8. The second-order valence-corrected chi connectivity index (χ2v) is 6.14. The summed E-state index contributed by atoms with van der Waals surface area (Å²) < 4.78 is 1.89. The van der Waals surface area contributed by atoms with Crippen molar-refractivity contribution in [2.24, 2.45) is 0 Å². The molecule has 0 aliphatic heterocycles. The number of hydrogen-bond donors (Lipinski definition) is 1. The molecule has 0 fully saturated rings. The molecule has 3 rings (SSSR count). The van der Waals surface area contributed by atoms with Crippen LogP contribution in [0.4, 0.5) is 5.69 Å². The molecule has 0 spiro atoms. The molecule has 2 aromatic heterocycles. The first kappa shape index (κ1) is 16.2. The minimum absolute atomic E-state index is 0.129. The molecule has 1 aromatic carbocycles. The van der Waals surface area contributed by atoms with Crippen LogP contribution in [-0.4, -0.2) is 20.7 Å². The van der Waals surface area contributed by atoms with E-state index in [9.17, 15) is 4.79 Å². The summed E-state index contributed by atoms with van der Waals surface area (Å²) in [7, 11) is 0. The van der Waals surface area contributed by atoms with Crippen LogP contribution in [0.5, 0.6) is 0 Å². The highest BCUT2D eigenvalue weighted by atomic mass is 16.1. The van der Waals surface area contributed by atoms with E-state index in [2.05, 4.69) is 22.3 Å². The van der Waals surface area contributed by atoms with E-state index in [1.54, 1.807) is 0 Å². The summed E-state index contributed by atoms with van der Waals surface area (Å²) >= 11 is 0. The SMILES string of the molecule is CCCn1nc(C)c2c(C(=O)Nc3cccc(C)c3)cc(C)nc21. The number of aromatic nitrogens is 3. The molecule has 5 heteroatoms. The Hall–Kier alpha value is -2.69. The highest BCUT2D eigenvalue weighted by molar-refractivity contribution is 6.12. The van der Waals surface area contributed by atoms with Crippen molar-refractivity contribution in [2.75, 3.05) is 5.32 Å². The van der Waals surface area contributed by atoms with Crippen LogP contribution in [0.1, 0.15) is 40.7 Å². The Morgan fingerprint density at radius 1 is 1.21 bits per heavy atom. The number of nitrogens with zero attached hydrogens (tertiary/aromatic N) is 3. The van der Waals surface area contributed by atoms with Gasteiger partial charge in [-0.3, -0.25) is 4.79 Å². The van der Waals surface area contributed by atoms with E-state index >= 15 is 0 Å². The van der Waals surface area contributed by atoms with Gasteiger partial charge in [-0.2, -0.15) is 5.10 Å². The maximum absolute atomic E-state index is 12.8. The quantitative estimate of drug-likeness (QED) is 0.789. The van der Waals surface area contributed by atoms with Crippen molar-refractivity contribution in [3.63, 3.8) is 0 Å². The Morgan fingerprint density at radius 3 is 2.71 bits per heavy atom. The number of hydrogen-bond acceptors (Lipinski definition) is 3. The lowest BCUT2D eigenvalue weighted by Crippen LogP contribution is -2.13. The van der Waals surface area contributed by atoms with Crippen LogP contribution in [0.15, 0.2) is 30.3 Å². The Labute approximate surface area is 141 Å². The first-order chi connectivity index (χ1) is 11.5. The fourth-order valence-electron chi connectivity index (χ4n) is 2.95. The van der Waals surface area contributed by atoms with Gasteiger partial charge in [0.2, 0.25) is 0 Å². The van der Waals surface area contributed by atoms with Crippen molar-refractivity contribution in [1.29, 1.82) is 0 Å². The first-order valence-electron chi connectivity index (χ1n) is 8.22. The number of benzene rings is 1. The van der Waals surface area contributed by atoms with Gasteiger partial charge in [0, 0.05) is 17.9 Å². The van der Waals surface area contributed by atoms with Gasteiger partial charge in [0.15, 0.2) is 5.65 Å².